The Bertz CT molecular complexity index is 1450. The summed E-state index contributed by atoms with van der Waals surface area (Å²) in [5, 5.41) is 0. The van der Waals surface area contributed by atoms with Crippen LogP contribution in [-0.2, 0) is 36.2 Å². The molecule has 0 amide bonds. The van der Waals surface area contributed by atoms with Gasteiger partial charge in [-0.05, 0) is 25.7 Å². The molecule has 0 aromatic carbocycles. The van der Waals surface area contributed by atoms with Gasteiger partial charge in [0.1, 0.15) is 0 Å². The van der Waals surface area contributed by atoms with Crippen LogP contribution in [0.2, 0.25) is 0 Å². The van der Waals surface area contributed by atoms with E-state index in [1.807, 2.05) is 9.13 Å². The molecule has 17 nitrogen and oxygen atoms in total. The molecule has 0 atom stereocenters. The number of nitrogen functional groups attached to an aromatic ring is 2. The summed E-state index contributed by atoms with van der Waals surface area (Å²) in [5.74, 6) is 0.781. The van der Waals surface area contributed by atoms with E-state index < -0.39 is 19.5 Å². The number of nitrogens with zero attached hydrogens (tertiary/aromatic N) is 8. The van der Waals surface area contributed by atoms with Crippen molar-refractivity contribution in [2.75, 3.05) is 39.3 Å². The fourth-order valence-electron chi connectivity index (χ4n) is 4.43. The van der Waals surface area contributed by atoms with Gasteiger partial charge >= 0.3 is 8.25 Å². The quantitative estimate of drug-likeness (QED) is 0.160. The molecule has 4 heterocycles. The standard InChI is InChI=1S/C22H29N10O7P/c1-34-17-13-15(27-19(23)29-17)31(9-25-13)7-21(3-4-21)36-11-38-40(33)39-12-37-22(5-6-22)8-32-10-26-14-16(32)28-20(24)30-18(14)35-2/h9-10,40H,3-8,11-12H2,1-2H3,(H2,23,27,29)(H2,24,28,30). The Labute approximate surface area is 228 Å². The molecule has 0 spiro atoms. The van der Waals surface area contributed by atoms with Crippen molar-refractivity contribution in [1.82, 2.24) is 39.0 Å². The van der Waals surface area contributed by atoms with Gasteiger partial charge in [-0.15, -0.1) is 0 Å². The van der Waals surface area contributed by atoms with E-state index >= 15 is 0 Å². The third-order valence-electron chi connectivity index (χ3n) is 6.90. The van der Waals surface area contributed by atoms with Crippen LogP contribution in [0, 0.1) is 0 Å². The van der Waals surface area contributed by atoms with Crippen LogP contribution in [0.25, 0.3) is 22.3 Å². The Hall–Kier alpha value is -3.63. The molecular weight excluding hydrogens is 547 g/mol. The zero-order valence-electron chi connectivity index (χ0n) is 21.9. The fourth-order valence-corrected chi connectivity index (χ4v) is 4.82. The van der Waals surface area contributed by atoms with Gasteiger partial charge in [0.25, 0.3) is 0 Å². The lowest BCUT2D eigenvalue weighted by atomic mass is 10.3. The molecule has 0 saturated heterocycles. The summed E-state index contributed by atoms with van der Waals surface area (Å²) in [6.07, 6.45) is 6.46. The summed E-state index contributed by atoms with van der Waals surface area (Å²) in [5.41, 5.74) is 12.7. The number of anilines is 2. The Morgan fingerprint density at radius 3 is 1.57 bits per heavy atom. The van der Waals surface area contributed by atoms with Crippen molar-refractivity contribution in [3.63, 3.8) is 0 Å². The maximum absolute atomic E-state index is 12.3. The van der Waals surface area contributed by atoms with Gasteiger partial charge in [-0.2, -0.15) is 19.9 Å². The minimum Gasteiger partial charge on any atom is -0.479 e. The molecular formula is C22H29N10O7P. The molecule has 6 rings (SSSR count). The van der Waals surface area contributed by atoms with E-state index in [0.717, 1.165) is 25.7 Å². The molecule has 4 N–H and O–H groups in total. The van der Waals surface area contributed by atoms with Gasteiger partial charge in [-0.3, -0.25) is 13.6 Å². The number of fused-ring (bicyclic) bond motifs is 2. The van der Waals surface area contributed by atoms with Crippen molar-refractivity contribution >= 4 is 42.5 Å². The Kier molecular flexibility index (Phi) is 6.92. The first-order valence-electron chi connectivity index (χ1n) is 12.4. The predicted molar refractivity (Wildman–Crippen MR) is 140 cm³/mol. The number of ether oxygens (including phenoxy) is 4. The molecule has 2 saturated carbocycles. The van der Waals surface area contributed by atoms with E-state index in [4.69, 9.17) is 39.5 Å². The van der Waals surface area contributed by atoms with Gasteiger partial charge < -0.3 is 39.5 Å². The second-order valence-corrected chi connectivity index (χ2v) is 10.8. The predicted octanol–water partition coefficient (Wildman–Crippen LogP) is 1.28. The third kappa shape index (κ3) is 5.38. The molecule has 18 heteroatoms. The average Bonchev–Trinajstić information content (AvgIpc) is 3.80. The number of nitrogens with two attached hydrogens (primary N) is 2. The lowest BCUT2D eigenvalue weighted by molar-refractivity contribution is -0.0808. The van der Waals surface area contributed by atoms with Crippen LogP contribution in [-0.4, -0.2) is 78.0 Å². The number of hydrogen-bond acceptors (Lipinski definition) is 15. The zero-order chi connectivity index (χ0) is 27.9. The van der Waals surface area contributed by atoms with Crippen LogP contribution in [0.3, 0.4) is 0 Å². The largest absolute Gasteiger partial charge is 0.479 e. The molecule has 2 aliphatic rings. The number of rotatable bonds is 14. The van der Waals surface area contributed by atoms with E-state index in [9.17, 15) is 4.57 Å². The third-order valence-corrected chi connectivity index (χ3v) is 7.61. The highest BCUT2D eigenvalue weighted by Gasteiger charge is 2.46. The number of imidazole rings is 2. The summed E-state index contributed by atoms with van der Waals surface area (Å²) < 4.78 is 48.8. The highest BCUT2D eigenvalue weighted by molar-refractivity contribution is 7.33. The second-order valence-electron chi connectivity index (χ2n) is 9.70. The molecule has 2 aliphatic carbocycles. The van der Waals surface area contributed by atoms with Crippen molar-refractivity contribution in [3.8, 4) is 11.8 Å². The maximum atomic E-state index is 12.3. The first-order valence-corrected chi connectivity index (χ1v) is 13.7. The summed E-state index contributed by atoms with van der Waals surface area (Å²) >= 11 is 0. The molecule has 0 bridgehead atoms. The average molecular weight is 577 g/mol. The zero-order valence-corrected chi connectivity index (χ0v) is 22.9. The minimum absolute atomic E-state index is 0.0865. The van der Waals surface area contributed by atoms with Gasteiger partial charge in [-0.1, -0.05) is 0 Å². The molecule has 4 aromatic heterocycles. The molecule has 2 fully saturated rings. The van der Waals surface area contributed by atoms with Crippen LogP contribution in [0.1, 0.15) is 25.7 Å². The normalized spacial score (nSPS) is 17.1. The molecule has 4 aromatic rings. The first kappa shape index (κ1) is 26.6. The smallest absolute Gasteiger partial charge is 0.323 e. The van der Waals surface area contributed by atoms with Gasteiger partial charge in [0, 0.05) is 0 Å². The van der Waals surface area contributed by atoms with E-state index in [-0.39, 0.29) is 25.5 Å². The highest BCUT2D eigenvalue weighted by Crippen LogP contribution is 2.44. The monoisotopic (exact) mass is 576 g/mol. The Morgan fingerprint density at radius 2 is 1.20 bits per heavy atom. The summed E-state index contributed by atoms with van der Waals surface area (Å²) in [7, 11) is 0.144. The van der Waals surface area contributed by atoms with Crippen molar-refractivity contribution < 1.29 is 32.6 Å². The lowest BCUT2D eigenvalue weighted by Gasteiger charge is -2.18. The van der Waals surface area contributed by atoms with Crippen LogP contribution >= 0.6 is 8.25 Å². The lowest BCUT2D eigenvalue weighted by Crippen LogP contribution is -2.23. The van der Waals surface area contributed by atoms with Crippen molar-refractivity contribution in [2.24, 2.45) is 0 Å². The topological polar surface area (TPSA) is 212 Å². The van der Waals surface area contributed by atoms with Crippen LogP contribution in [0.4, 0.5) is 11.9 Å². The number of aromatic nitrogens is 8. The summed E-state index contributed by atoms with van der Waals surface area (Å²) in [6.45, 7) is 0.538. The van der Waals surface area contributed by atoms with E-state index in [0.29, 0.717) is 47.2 Å². The van der Waals surface area contributed by atoms with E-state index in [2.05, 4.69) is 29.9 Å². The van der Waals surface area contributed by atoms with E-state index in [1.54, 1.807) is 12.7 Å². The molecule has 40 heavy (non-hydrogen) atoms. The molecule has 214 valence electrons. The Balaban J connectivity index is 0.971. The number of methoxy groups -OCH3 is 2. The SMILES string of the molecule is COc1nc(N)nc2c1ncn2CC1(OCO[PH](=O)OCOC2(Cn3cnc4c(OC)nc(N)nc43)CC2)CC1. The number of hydrogen-bond donors (Lipinski definition) is 2. The van der Waals surface area contributed by atoms with Crippen molar-refractivity contribution in [1.29, 1.82) is 0 Å². The van der Waals surface area contributed by atoms with Gasteiger partial charge in [-0.25, -0.2) is 9.97 Å². The van der Waals surface area contributed by atoms with Crippen LogP contribution in [0.15, 0.2) is 12.7 Å². The first-order chi connectivity index (χ1) is 19.3. The summed E-state index contributed by atoms with van der Waals surface area (Å²) in [4.78, 5) is 25.3. The van der Waals surface area contributed by atoms with Gasteiger partial charge in [0.05, 0.1) is 51.2 Å². The van der Waals surface area contributed by atoms with Crippen molar-refractivity contribution in [3.05, 3.63) is 12.7 Å². The fraction of sp³-hybridized carbons (Fsp3) is 0.545. The Morgan fingerprint density at radius 1 is 0.775 bits per heavy atom. The second kappa shape index (κ2) is 10.4. The highest BCUT2D eigenvalue weighted by atomic mass is 31.1. The van der Waals surface area contributed by atoms with Crippen LogP contribution in [0.5, 0.6) is 11.8 Å². The molecule has 0 aliphatic heterocycles. The maximum Gasteiger partial charge on any atom is 0.323 e. The molecule has 0 unspecified atom stereocenters. The van der Waals surface area contributed by atoms with E-state index in [1.165, 1.54) is 14.2 Å². The van der Waals surface area contributed by atoms with Gasteiger partial charge in [0.2, 0.25) is 23.7 Å². The van der Waals surface area contributed by atoms with Crippen molar-refractivity contribution in [2.45, 2.75) is 50.0 Å². The summed E-state index contributed by atoms with van der Waals surface area (Å²) in [6, 6.07) is 0. The van der Waals surface area contributed by atoms with Gasteiger partial charge in [0.15, 0.2) is 35.9 Å². The van der Waals surface area contributed by atoms with Crippen LogP contribution < -0.4 is 20.9 Å². The molecule has 0 radical (unpaired) electrons. The minimum atomic E-state index is -2.84.